The van der Waals surface area contributed by atoms with E-state index >= 15 is 0 Å². The first-order valence-corrected chi connectivity index (χ1v) is 19.4. The first kappa shape index (κ1) is 36.1. The summed E-state index contributed by atoms with van der Waals surface area (Å²) in [7, 11) is -3.59. The first-order chi connectivity index (χ1) is 24.8. The van der Waals surface area contributed by atoms with Crippen molar-refractivity contribution in [2.45, 2.75) is 70.1 Å². The minimum atomic E-state index is -4.70. The molecule has 2 aromatic heterocycles. The van der Waals surface area contributed by atoms with Gasteiger partial charge in [0, 0.05) is 98.6 Å². The molecule has 0 radical (unpaired) electrons. The van der Waals surface area contributed by atoms with Gasteiger partial charge in [-0.3, -0.25) is 14.3 Å². The standard InChI is InChI=1S/C36H42F3N7O5S/c1-52(50,51)44-16-12-32-29(22-44)34(42-46(32)21-26(47)20-43-14-10-25(11-15-43)45-13-4-7-33(45)48)23-8-9-30(36(37,38)39)24(17-23)18-41-35(49)28-19-40-31-6-3-2-5-27(28)31/h2-3,5-6,8-9,17,19,25-26,40,47H,4,7,10-16,18,20-22H2,1H3,(H,41,49). The average Bonchev–Trinajstić information content (AvgIpc) is 3.83. The number of rotatable bonds is 10. The van der Waals surface area contributed by atoms with E-state index in [-0.39, 0.29) is 37.1 Å². The van der Waals surface area contributed by atoms with Gasteiger partial charge >= 0.3 is 6.18 Å². The van der Waals surface area contributed by atoms with Gasteiger partial charge in [-0.1, -0.05) is 24.3 Å². The fourth-order valence-electron chi connectivity index (χ4n) is 7.85. The van der Waals surface area contributed by atoms with Gasteiger partial charge in [0.2, 0.25) is 15.9 Å². The molecule has 278 valence electrons. The Morgan fingerprint density at radius 1 is 1.08 bits per heavy atom. The number of aromatic amines is 1. The number of likely N-dealkylation sites (tertiary alicyclic amines) is 2. The number of hydrogen-bond donors (Lipinski definition) is 3. The molecule has 1 unspecified atom stereocenters. The van der Waals surface area contributed by atoms with Crippen LogP contribution in [0.5, 0.6) is 0 Å². The number of alkyl halides is 3. The number of para-hydroxylation sites is 1. The second kappa shape index (κ2) is 14.3. The molecule has 5 heterocycles. The monoisotopic (exact) mass is 741 g/mol. The Bertz CT molecular complexity index is 2090. The molecule has 0 saturated carbocycles. The van der Waals surface area contributed by atoms with Crippen molar-refractivity contribution in [3.63, 3.8) is 0 Å². The van der Waals surface area contributed by atoms with Gasteiger partial charge in [0.15, 0.2) is 0 Å². The lowest BCUT2D eigenvalue weighted by Gasteiger charge is -2.37. The molecule has 16 heteroatoms. The fourth-order valence-corrected chi connectivity index (χ4v) is 8.64. The number of amides is 2. The van der Waals surface area contributed by atoms with Crippen LogP contribution in [-0.2, 0) is 47.0 Å². The molecule has 1 atom stereocenters. The lowest BCUT2D eigenvalue weighted by Crippen LogP contribution is -2.47. The number of β-amino-alcohol motifs (C(OH)–C–C–N with tert-alkyl or cyclic N) is 1. The summed E-state index contributed by atoms with van der Waals surface area (Å²) in [5.74, 6) is -0.327. The van der Waals surface area contributed by atoms with Gasteiger partial charge in [-0.25, -0.2) is 8.42 Å². The van der Waals surface area contributed by atoms with E-state index in [4.69, 9.17) is 5.10 Å². The number of nitrogens with one attached hydrogen (secondary N) is 2. The highest BCUT2D eigenvalue weighted by atomic mass is 32.2. The Morgan fingerprint density at radius 2 is 1.85 bits per heavy atom. The number of aromatic nitrogens is 3. The molecular weight excluding hydrogens is 700 g/mol. The van der Waals surface area contributed by atoms with Crippen molar-refractivity contribution in [2.75, 3.05) is 39.0 Å². The van der Waals surface area contributed by atoms with Crippen molar-refractivity contribution >= 4 is 32.7 Å². The Kier molecular flexibility index (Phi) is 9.93. The van der Waals surface area contributed by atoms with Crippen LogP contribution >= 0.6 is 0 Å². The molecule has 2 fully saturated rings. The number of nitrogens with zero attached hydrogens (tertiary/aromatic N) is 5. The SMILES string of the molecule is CS(=O)(=O)N1CCc2c(c(-c3ccc(C(F)(F)F)c(CNC(=O)c4c[nH]c5ccccc45)c3)nn2CC(O)CN2CCC(N3CCCC3=O)CC2)C1. The van der Waals surface area contributed by atoms with Crippen LogP contribution in [0.1, 0.15) is 58.4 Å². The maximum Gasteiger partial charge on any atom is 0.416 e. The van der Waals surface area contributed by atoms with Gasteiger partial charge in [-0.2, -0.15) is 22.6 Å². The Labute approximate surface area is 299 Å². The third kappa shape index (κ3) is 7.47. The van der Waals surface area contributed by atoms with Crippen molar-refractivity contribution in [2.24, 2.45) is 0 Å². The summed E-state index contributed by atoms with van der Waals surface area (Å²) in [5.41, 5.74) is 1.89. The maximum atomic E-state index is 14.2. The Morgan fingerprint density at radius 3 is 2.56 bits per heavy atom. The second-order valence-electron chi connectivity index (χ2n) is 14.0. The lowest BCUT2D eigenvalue weighted by atomic mass is 9.97. The van der Waals surface area contributed by atoms with E-state index in [9.17, 15) is 36.3 Å². The molecule has 0 aliphatic carbocycles. The number of H-pyrrole nitrogens is 1. The number of halogens is 3. The van der Waals surface area contributed by atoms with Gasteiger partial charge in [0.1, 0.15) is 0 Å². The van der Waals surface area contributed by atoms with Gasteiger partial charge < -0.3 is 25.2 Å². The highest BCUT2D eigenvalue weighted by molar-refractivity contribution is 7.88. The highest BCUT2D eigenvalue weighted by Gasteiger charge is 2.36. The molecule has 3 N–H and O–H groups in total. The summed E-state index contributed by atoms with van der Waals surface area (Å²) in [6.45, 7) is 2.53. The molecule has 4 aromatic rings. The Hall–Kier alpha value is -4.25. The number of fused-ring (bicyclic) bond motifs is 2. The van der Waals surface area contributed by atoms with Crippen LogP contribution in [0, 0.1) is 0 Å². The van der Waals surface area contributed by atoms with Crippen molar-refractivity contribution in [3.8, 4) is 11.3 Å². The molecule has 3 aliphatic rings. The summed E-state index contributed by atoms with van der Waals surface area (Å²) in [6, 6.07) is 11.0. The predicted octanol–water partition coefficient (Wildman–Crippen LogP) is 3.75. The summed E-state index contributed by atoms with van der Waals surface area (Å²) in [5, 5.41) is 19.3. The number of piperidine rings is 1. The lowest BCUT2D eigenvalue weighted by molar-refractivity contribution is -0.138. The van der Waals surface area contributed by atoms with Crippen LogP contribution in [0.25, 0.3) is 22.2 Å². The van der Waals surface area contributed by atoms with E-state index in [1.54, 1.807) is 28.9 Å². The quantitative estimate of drug-likeness (QED) is 0.225. The molecule has 7 rings (SSSR count). The zero-order valence-corrected chi connectivity index (χ0v) is 29.6. The number of carbonyl (C=O) groups excluding carboxylic acids is 2. The first-order valence-electron chi connectivity index (χ1n) is 17.5. The van der Waals surface area contributed by atoms with Crippen LogP contribution in [0.2, 0.25) is 0 Å². The van der Waals surface area contributed by atoms with Crippen molar-refractivity contribution in [1.82, 2.24) is 34.2 Å². The minimum absolute atomic E-state index is 0.0179. The topological polar surface area (TPSA) is 144 Å². The zero-order chi connectivity index (χ0) is 36.8. The number of carbonyl (C=O) groups is 2. The summed E-state index contributed by atoms with van der Waals surface area (Å²) in [6.07, 6.45) is 0.581. The molecule has 52 heavy (non-hydrogen) atoms. The van der Waals surface area contributed by atoms with Crippen LogP contribution in [0.4, 0.5) is 13.2 Å². The Balaban J connectivity index is 1.13. The maximum absolute atomic E-state index is 14.2. The average molecular weight is 742 g/mol. The van der Waals surface area contributed by atoms with Crippen LogP contribution in [0.15, 0.2) is 48.7 Å². The van der Waals surface area contributed by atoms with Gasteiger partial charge in [0.05, 0.1) is 35.7 Å². The molecule has 12 nitrogen and oxygen atoms in total. The molecule has 2 amide bonds. The number of hydrogen-bond acceptors (Lipinski definition) is 7. The molecule has 3 aliphatic heterocycles. The van der Waals surface area contributed by atoms with Crippen LogP contribution < -0.4 is 5.32 Å². The second-order valence-corrected chi connectivity index (χ2v) is 16.0. The van der Waals surface area contributed by atoms with E-state index < -0.39 is 40.3 Å². The van der Waals surface area contributed by atoms with Gasteiger partial charge in [0.25, 0.3) is 5.91 Å². The number of aliphatic hydroxyl groups excluding tert-OH is 1. The van der Waals surface area contributed by atoms with E-state index in [0.717, 1.165) is 56.7 Å². The van der Waals surface area contributed by atoms with Crippen molar-refractivity contribution in [1.29, 1.82) is 0 Å². The molecule has 2 saturated heterocycles. The van der Waals surface area contributed by atoms with E-state index in [2.05, 4.69) is 15.2 Å². The third-order valence-corrected chi connectivity index (χ3v) is 11.7. The van der Waals surface area contributed by atoms with Gasteiger partial charge in [-0.15, -0.1) is 0 Å². The number of aliphatic hydroxyl groups is 1. The summed E-state index contributed by atoms with van der Waals surface area (Å²) in [4.78, 5) is 32.5. The van der Waals surface area contributed by atoms with Crippen LogP contribution in [-0.4, -0.2) is 105 Å². The van der Waals surface area contributed by atoms with Crippen LogP contribution in [0.3, 0.4) is 0 Å². The molecule has 0 bridgehead atoms. The summed E-state index contributed by atoms with van der Waals surface area (Å²) < 4.78 is 70.8. The van der Waals surface area contributed by atoms with Crippen molar-refractivity contribution in [3.05, 3.63) is 76.6 Å². The zero-order valence-electron chi connectivity index (χ0n) is 28.8. The molecule has 2 aromatic carbocycles. The number of sulfonamides is 1. The number of benzene rings is 2. The van der Waals surface area contributed by atoms with Gasteiger partial charge in [-0.05, 0) is 43.0 Å². The largest absolute Gasteiger partial charge is 0.416 e. The minimum Gasteiger partial charge on any atom is -0.390 e. The predicted molar refractivity (Wildman–Crippen MR) is 188 cm³/mol. The molecular formula is C36H42F3N7O5S. The molecule has 0 spiro atoms. The highest BCUT2D eigenvalue weighted by Crippen LogP contribution is 2.37. The van der Waals surface area contributed by atoms with Crippen molar-refractivity contribution < 1.29 is 36.3 Å². The smallest absolute Gasteiger partial charge is 0.390 e. The normalized spacial score (nSPS) is 18.6. The van der Waals surface area contributed by atoms with E-state index in [0.29, 0.717) is 52.9 Å². The third-order valence-electron chi connectivity index (χ3n) is 10.5. The van der Waals surface area contributed by atoms with E-state index in [1.165, 1.54) is 22.6 Å². The van der Waals surface area contributed by atoms with E-state index in [1.807, 2.05) is 4.90 Å². The fraction of sp³-hybridized carbons (Fsp3) is 0.472. The summed E-state index contributed by atoms with van der Waals surface area (Å²) >= 11 is 0.